The molecular weight excluding hydrogens is 571 g/mol. The first-order valence-corrected chi connectivity index (χ1v) is 13.6. The highest BCUT2D eigenvalue weighted by atomic mass is 32.2. The van der Waals surface area contributed by atoms with Crippen LogP contribution in [0.3, 0.4) is 0 Å². The van der Waals surface area contributed by atoms with E-state index in [0.29, 0.717) is 16.4 Å². The normalized spacial score (nSPS) is 15.7. The smallest absolute Gasteiger partial charge is 0.416 e. The van der Waals surface area contributed by atoms with E-state index in [1.807, 2.05) is 5.32 Å². The van der Waals surface area contributed by atoms with Crippen LogP contribution < -0.4 is 19.1 Å². The number of aromatic amines is 1. The number of fused-ring (bicyclic) bond motifs is 1. The highest BCUT2D eigenvalue weighted by Crippen LogP contribution is 2.40. The summed E-state index contributed by atoms with van der Waals surface area (Å²) in [4.78, 5) is 22.5. The molecule has 2 heterocycles. The van der Waals surface area contributed by atoms with Crippen LogP contribution in [0.4, 0.5) is 29.3 Å². The summed E-state index contributed by atoms with van der Waals surface area (Å²) >= 11 is 0. The number of nitrogens with zero attached hydrogens (tertiary/aromatic N) is 2. The van der Waals surface area contributed by atoms with Crippen LogP contribution in [-0.2, 0) is 31.0 Å². The van der Waals surface area contributed by atoms with Crippen molar-refractivity contribution < 1.29 is 49.4 Å². The van der Waals surface area contributed by atoms with Crippen LogP contribution in [0.15, 0.2) is 64.6 Å². The fourth-order valence-corrected chi connectivity index (χ4v) is 6.10. The van der Waals surface area contributed by atoms with Crippen molar-refractivity contribution >= 4 is 43.4 Å². The number of anilines is 2. The van der Waals surface area contributed by atoms with Crippen molar-refractivity contribution in [3.63, 3.8) is 0 Å². The fraction of sp³-hybridized carbons (Fsp3) is 0.190. The van der Waals surface area contributed by atoms with Crippen molar-refractivity contribution in [1.29, 1.82) is 0 Å². The Kier molecular flexibility index (Phi) is 7.17. The molecule has 0 fully saturated rings. The summed E-state index contributed by atoms with van der Waals surface area (Å²) in [5.41, 5.74) is -1.52. The molecule has 1 atom stereocenters. The lowest BCUT2D eigenvalue weighted by Crippen LogP contribution is -2.46. The highest BCUT2D eigenvalue weighted by Gasteiger charge is 2.38. The largest absolute Gasteiger partial charge is 0.486 e. The molecule has 0 saturated carbocycles. The number of carbonyl (C=O) groups excluding carboxylic acids is 1. The molecule has 0 aliphatic carbocycles. The molecule has 39 heavy (non-hydrogen) atoms. The Bertz CT molecular complexity index is 1630. The topological polar surface area (TPSA) is 188 Å². The third-order valence-corrected chi connectivity index (χ3v) is 8.45. The Morgan fingerprint density at radius 3 is 2.51 bits per heavy atom. The minimum atomic E-state index is -4.84. The average Bonchev–Trinajstić information content (AvgIpc) is 3.39. The fourth-order valence-electron chi connectivity index (χ4n) is 3.65. The predicted molar refractivity (Wildman–Crippen MR) is 127 cm³/mol. The lowest BCUT2D eigenvalue weighted by atomic mass is 10.1. The van der Waals surface area contributed by atoms with E-state index in [9.17, 15) is 39.6 Å². The van der Waals surface area contributed by atoms with Crippen molar-refractivity contribution in [1.82, 2.24) is 14.9 Å². The van der Waals surface area contributed by atoms with Gasteiger partial charge in [0.1, 0.15) is 16.7 Å². The number of rotatable bonds is 7. The van der Waals surface area contributed by atoms with Gasteiger partial charge >= 0.3 is 12.3 Å². The molecular formula is C21H18F3N5O8S2. The van der Waals surface area contributed by atoms with Crippen molar-refractivity contribution in [2.24, 2.45) is 0 Å². The molecule has 18 heteroatoms. The summed E-state index contributed by atoms with van der Waals surface area (Å²) < 4.78 is 99.6. The number of carbonyl (C=O) groups is 2. The Balaban J connectivity index is 1.69. The summed E-state index contributed by atoms with van der Waals surface area (Å²) in [5.74, 6) is -1.21. The third-order valence-electron chi connectivity index (χ3n) is 5.34. The Morgan fingerprint density at radius 1 is 1.13 bits per heavy atom. The number of hydrogen-bond donors (Lipinski definition) is 4. The molecule has 208 valence electrons. The maximum absolute atomic E-state index is 13.5. The maximum atomic E-state index is 13.5. The van der Waals surface area contributed by atoms with E-state index >= 15 is 0 Å². The van der Waals surface area contributed by atoms with Crippen molar-refractivity contribution in [2.45, 2.75) is 28.5 Å². The summed E-state index contributed by atoms with van der Waals surface area (Å²) in [6, 6.07) is 6.49. The van der Waals surface area contributed by atoms with Crippen LogP contribution >= 0.6 is 0 Å². The zero-order valence-electron chi connectivity index (χ0n) is 19.3. The standard InChI is InChI=1S/C21H18F3N5O8S2/c22-21(23,24)12-2-1-3-15(6-12)39(35,36)29-11-14(8-19(30)28-38(33,34)16-9-25-26-10-16)37-18-5-4-13(7-17(18)29)27-20(31)32/h1-7,9-10,14,27H,8,11H2,(H,25,26)(H,28,30)(H,31,32). The number of alkyl halides is 3. The molecule has 1 aliphatic rings. The number of ether oxygens (including phenoxy) is 1. The van der Waals surface area contributed by atoms with Crippen LogP contribution in [0.1, 0.15) is 12.0 Å². The van der Waals surface area contributed by atoms with E-state index in [0.717, 1.165) is 30.6 Å². The first-order valence-electron chi connectivity index (χ1n) is 10.7. The van der Waals surface area contributed by atoms with Crippen molar-refractivity contribution in [3.05, 3.63) is 60.4 Å². The third kappa shape index (κ3) is 6.06. The first-order chi connectivity index (χ1) is 18.2. The predicted octanol–water partition coefficient (Wildman–Crippen LogP) is 2.37. The van der Waals surface area contributed by atoms with Gasteiger partial charge in [0, 0.05) is 11.9 Å². The minimum Gasteiger partial charge on any atom is -0.486 e. The van der Waals surface area contributed by atoms with Gasteiger partial charge < -0.3 is 9.84 Å². The van der Waals surface area contributed by atoms with Crippen molar-refractivity contribution in [2.75, 3.05) is 16.2 Å². The second kappa shape index (κ2) is 10.1. The Morgan fingerprint density at radius 2 is 1.87 bits per heavy atom. The lowest BCUT2D eigenvalue weighted by Gasteiger charge is -2.35. The van der Waals surface area contributed by atoms with Crippen LogP contribution in [0, 0.1) is 0 Å². The highest BCUT2D eigenvalue weighted by molar-refractivity contribution is 7.92. The summed E-state index contributed by atoms with van der Waals surface area (Å²) in [5, 5.41) is 16.8. The van der Waals surface area contributed by atoms with E-state index in [-0.39, 0.29) is 22.0 Å². The molecule has 3 aromatic rings. The molecule has 2 aromatic carbocycles. The lowest BCUT2D eigenvalue weighted by molar-refractivity contribution is -0.137. The zero-order valence-corrected chi connectivity index (χ0v) is 21.0. The number of halogens is 3. The number of aromatic nitrogens is 2. The van der Waals surface area contributed by atoms with Crippen LogP contribution in [0.5, 0.6) is 5.75 Å². The number of sulfonamides is 2. The van der Waals surface area contributed by atoms with Crippen LogP contribution in [-0.4, -0.2) is 56.8 Å². The first kappa shape index (κ1) is 27.7. The molecule has 1 aliphatic heterocycles. The Hall–Kier alpha value is -4.32. The monoisotopic (exact) mass is 589 g/mol. The van der Waals surface area contributed by atoms with Gasteiger partial charge in [-0.25, -0.2) is 26.4 Å². The van der Waals surface area contributed by atoms with Crippen molar-refractivity contribution in [3.8, 4) is 5.75 Å². The van der Waals surface area contributed by atoms with E-state index in [1.165, 1.54) is 12.1 Å². The zero-order chi connectivity index (χ0) is 28.6. The maximum Gasteiger partial charge on any atom is 0.416 e. The van der Waals surface area contributed by atoms with Gasteiger partial charge in [0.2, 0.25) is 5.91 Å². The molecule has 0 saturated heterocycles. The summed E-state index contributed by atoms with van der Waals surface area (Å²) in [7, 11) is -9.03. The summed E-state index contributed by atoms with van der Waals surface area (Å²) in [6.45, 7) is -0.624. The molecule has 4 rings (SSSR count). The van der Waals surface area contributed by atoms with Crippen LogP contribution in [0.2, 0.25) is 0 Å². The average molecular weight is 590 g/mol. The van der Waals surface area contributed by atoms with Gasteiger partial charge in [0.15, 0.2) is 0 Å². The molecule has 0 radical (unpaired) electrons. The molecule has 1 unspecified atom stereocenters. The second-order valence-electron chi connectivity index (χ2n) is 8.08. The van der Waals surface area contributed by atoms with E-state index in [1.54, 1.807) is 4.72 Å². The molecule has 4 N–H and O–H groups in total. The molecule has 1 aromatic heterocycles. The van der Waals surface area contributed by atoms with Crippen LogP contribution in [0.25, 0.3) is 0 Å². The SMILES string of the molecule is O=C(O)Nc1ccc2c(c1)N(S(=O)(=O)c1cccc(C(F)(F)F)c1)CC(CC(=O)NS(=O)(=O)c1cn[nH]c1)O2. The Labute approximate surface area is 218 Å². The van der Waals surface area contributed by atoms with E-state index in [4.69, 9.17) is 9.84 Å². The number of hydrogen-bond acceptors (Lipinski definition) is 8. The number of carboxylic acid groups (broad SMARTS) is 1. The quantitative estimate of drug-likeness (QED) is 0.321. The van der Waals surface area contributed by atoms with Gasteiger partial charge in [-0.2, -0.15) is 18.3 Å². The number of nitrogens with one attached hydrogen (secondary N) is 3. The van der Waals surface area contributed by atoms with E-state index < -0.39 is 67.8 Å². The number of benzene rings is 2. The molecule has 0 spiro atoms. The summed E-state index contributed by atoms with van der Waals surface area (Å²) in [6.07, 6.45) is -6.28. The van der Waals surface area contributed by atoms with Gasteiger partial charge in [-0.3, -0.25) is 19.5 Å². The molecule has 0 bridgehead atoms. The van der Waals surface area contributed by atoms with Gasteiger partial charge in [-0.1, -0.05) is 6.07 Å². The minimum absolute atomic E-state index is 0.0727. The molecule has 13 nitrogen and oxygen atoms in total. The van der Waals surface area contributed by atoms with Gasteiger partial charge in [-0.15, -0.1) is 0 Å². The number of amides is 2. The van der Waals surface area contributed by atoms with Gasteiger partial charge in [0.05, 0.1) is 35.3 Å². The second-order valence-corrected chi connectivity index (χ2v) is 11.6. The van der Waals surface area contributed by atoms with E-state index in [2.05, 4.69) is 10.2 Å². The van der Waals surface area contributed by atoms with Gasteiger partial charge in [-0.05, 0) is 36.4 Å². The van der Waals surface area contributed by atoms with Gasteiger partial charge in [0.25, 0.3) is 20.0 Å². The number of H-pyrrole nitrogens is 1. The molecule has 2 amide bonds.